The molecule has 184 valence electrons. The van der Waals surface area contributed by atoms with Gasteiger partial charge in [0.25, 0.3) is 0 Å². The van der Waals surface area contributed by atoms with E-state index >= 15 is 0 Å². The van der Waals surface area contributed by atoms with Gasteiger partial charge in [-0.05, 0) is 81.9 Å². The van der Waals surface area contributed by atoms with Gasteiger partial charge in [-0.25, -0.2) is 0 Å². The number of halogens is 2. The highest BCUT2D eigenvalue weighted by atomic mass is 35.5. The first-order valence-electron chi connectivity index (χ1n) is 12.0. The summed E-state index contributed by atoms with van der Waals surface area (Å²) in [4.78, 5) is 26.9. The molecule has 1 saturated carbocycles. The van der Waals surface area contributed by atoms with Gasteiger partial charge in [-0.3, -0.25) is 9.59 Å². The molecule has 0 spiro atoms. The van der Waals surface area contributed by atoms with Crippen LogP contribution in [0.25, 0.3) is 0 Å². The lowest BCUT2D eigenvalue weighted by atomic mass is 9.75. The number of nitrogens with zero attached hydrogens (tertiary/aromatic N) is 1. The molecular weight excluding hydrogens is 469 g/mol. The highest BCUT2D eigenvalue weighted by molar-refractivity contribution is 6.31. The first-order valence-corrected chi connectivity index (χ1v) is 12.7. The maximum atomic E-state index is 12.4. The molecule has 1 fully saturated rings. The number of benzene rings is 2. The lowest BCUT2D eigenvalue weighted by Gasteiger charge is -2.45. The van der Waals surface area contributed by atoms with Crippen molar-refractivity contribution in [3.63, 3.8) is 0 Å². The topological polar surface area (TPSA) is 61.4 Å². The number of carbonyl (C=O) groups excluding carboxylic acids is 2. The summed E-state index contributed by atoms with van der Waals surface area (Å²) in [5.41, 5.74) is 2.31. The highest BCUT2D eigenvalue weighted by Gasteiger charge is 2.37. The van der Waals surface area contributed by atoms with E-state index in [-0.39, 0.29) is 36.2 Å². The lowest BCUT2D eigenvalue weighted by molar-refractivity contribution is -0.127. The number of carbonyl (C=O) groups is 2. The summed E-state index contributed by atoms with van der Waals surface area (Å²) in [6.07, 6.45) is 5.86. The van der Waals surface area contributed by atoms with Crippen molar-refractivity contribution in [3.8, 4) is 0 Å². The Labute approximate surface area is 213 Å². The molecule has 34 heavy (non-hydrogen) atoms. The molecule has 1 aliphatic rings. The van der Waals surface area contributed by atoms with E-state index in [1.807, 2.05) is 42.5 Å². The Balaban J connectivity index is 1.38. The van der Waals surface area contributed by atoms with Gasteiger partial charge in [0.2, 0.25) is 11.8 Å². The Morgan fingerprint density at radius 3 is 2.38 bits per heavy atom. The summed E-state index contributed by atoms with van der Waals surface area (Å²) in [6.45, 7) is 0.506. The molecule has 0 heterocycles. The average molecular weight is 505 g/mol. The number of nitrogens with one attached hydrogen (secondary N) is 2. The smallest absolute Gasteiger partial charge is 0.220 e. The molecule has 0 aromatic heterocycles. The number of rotatable bonds is 10. The van der Waals surface area contributed by atoms with Gasteiger partial charge in [0.05, 0.1) is 0 Å². The molecule has 0 radical (unpaired) electrons. The minimum absolute atomic E-state index is 0.0570. The van der Waals surface area contributed by atoms with Gasteiger partial charge in [-0.15, -0.1) is 0 Å². The minimum Gasteiger partial charge on any atom is -0.356 e. The van der Waals surface area contributed by atoms with Crippen LogP contribution < -0.4 is 10.6 Å². The molecule has 2 amide bonds. The lowest BCUT2D eigenvalue weighted by Crippen LogP contribution is -2.52. The Kier molecular flexibility index (Phi) is 9.81. The maximum Gasteiger partial charge on any atom is 0.220 e. The summed E-state index contributed by atoms with van der Waals surface area (Å²) in [6, 6.07) is 15.8. The Morgan fingerprint density at radius 1 is 1.00 bits per heavy atom. The molecule has 0 saturated heterocycles. The summed E-state index contributed by atoms with van der Waals surface area (Å²) in [5.74, 6) is -0.169. The summed E-state index contributed by atoms with van der Waals surface area (Å²) >= 11 is 12.3. The van der Waals surface area contributed by atoms with E-state index in [2.05, 4.69) is 35.7 Å². The fourth-order valence-electron chi connectivity index (χ4n) is 4.76. The fraction of sp³-hybridized carbons (Fsp3) is 0.481. The summed E-state index contributed by atoms with van der Waals surface area (Å²) in [5, 5.41) is 7.48. The van der Waals surface area contributed by atoms with Crippen LogP contribution in [0, 0.1) is 0 Å². The average Bonchev–Trinajstić information content (AvgIpc) is 2.80. The van der Waals surface area contributed by atoms with Gasteiger partial charge in [0, 0.05) is 41.0 Å². The van der Waals surface area contributed by atoms with Gasteiger partial charge in [0.15, 0.2) is 0 Å². The summed E-state index contributed by atoms with van der Waals surface area (Å²) < 4.78 is 0. The van der Waals surface area contributed by atoms with Crippen molar-refractivity contribution in [3.05, 3.63) is 69.7 Å². The van der Waals surface area contributed by atoms with Crippen LogP contribution in [0.5, 0.6) is 0 Å². The molecule has 0 unspecified atom stereocenters. The normalized spacial score (nSPS) is 20.2. The van der Waals surface area contributed by atoms with Crippen LogP contribution in [0.2, 0.25) is 10.0 Å². The number of hydrogen-bond donors (Lipinski definition) is 2. The van der Waals surface area contributed by atoms with E-state index in [4.69, 9.17) is 23.2 Å². The van der Waals surface area contributed by atoms with Crippen LogP contribution in [-0.2, 0) is 22.4 Å². The van der Waals surface area contributed by atoms with E-state index in [1.54, 1.807) is 0 Å². The van der Waals surface area contributed by atoms with Crippen LogP contribution in [0.1, 0.15) is 49.7 Å². The predicted molar refractivity (Wildman–Crippen MR) is 139 cm³/mol. The van der Waals surface area contributed by atoms with Crippen LogP contribution >= 0.6 is 23.2 Å². The SMILES string of the molecule is CN(C)C1(Cc2cccc(Cl)c2)CCC(NC(=O)CCC(=O)NCCc2ccccc2Cl)CC1. The third kappa shape index (κ3) is 7.72. The quantitative estimate of drug-likeness (QED) is 0.477. The Hall–Kier alpha value is -2.08. The zero-order valence-corrected chi connectivity index (χ0v) is 21.6. The van der Waals surface area contributed by atoms with Crippen molar-refractivity contribution in [2.24, 2.45) is 0 Å². The highest BCUT2D eigenvalue weighted by Crippen LogP contribution is 2.36. The number of likely N-dealkylation sites (N-methyl/N-ethyl adjacent to an activating group) is 1. The van der Waals surface area contributed by atoms with Crippen LogP contribution in [0.3, 0.4) is 0 Å². The molecule has 3 rings (SSSR count). The zero-order chi connectivity index (χ0) is 24.6. The molecule has 2 N–H and O–H groups in total. The third-order valence-corrected chi connectivity index (χ3v) is 7.51. The Bertz CT molecular complexity index is 972. The van der Waals surface area contributed by atoms with Crippen molar-refractivity contribution >= 4 is 35.0 Å². The van der Waals surface area contributed by atoms with Crippen molar-refractivity contribution < 1.29 is 9.59 Å². The van der Waals surface area contributed by atoms with Gasteiger partial charge < -0.3 is 15.5 Å². The van der Waals surface area contributed by atoms with Gasteiger partial charge in [-0.2, -0.15) is 0 Å². The van der Waals surface area contributed by atoms with Gasteiger partial charge >= 0.3 is 0 Å². The second kappa shape index (κ2) is 12.6. The van der Waals surface area contributed by atoms with Crippen LogP contribution in [0.4, 0.5) is 0 Å². The zero-order valence-electron chi connectivity index (χ0n) is 20.1. The Morgan fingerprint density at radius 2 is 1.71 bits per heavy atom. The maximum absolute atomic E-state index is 12.4. The molecule has 2 aromatic rings. The minimum atomic E-state index is -0.112. The monoisotopic (exact) mass is 503 g/mol. The van der Waals surface area contributed by atoms with Crippen LogP contribution in [0.15, 0.2) is 48.5 Å². The van der Waals surface area contributed by atoms with Crippen molar-refractivity contribution in [1.82, 2.24) is 15.5 Å². The molecular formula is C27H35Cl2N3O2. The molecule has 5 nitrogen and oxygen atoms in total. The standard InChI is InChI=1S/C27H35Cl2N3O2/c1-32(2)27(19-20-6-5-8-22(28)18-20)15-12-23(13-16-27)31-26(34)11-10-25(33)30-17-14-21-7-3-4-9-24(21)29/h3-9,18,23H,10-17,19H2,1-2H3,(H,30,33)(H,31,34). The molecule has 0 bridgehead atoms. The fourth-order valence-corrected chi connectivity index (χ4v) is 5.20. The molecule has 7 heteroatoms. The molecule has 2 aromatic carbocycles. The molecule has 0 aliphatic heterocycles. The summed E-state index contributed by atoms with van der Waals surface area (Å²) in [7, 11) is 4.27. The number of amides is 2. The first kappa shape index (κ1) is 26.5. The van der Waals surface area contributed by atoms with E-state index in [0.717, 1.165) is 42.7 Å². The molecule has 0 atom stereocenters. The molecule has 1 aliphatic carbocycles. The van der Waals surface area contributed by atoms with E-state index in [1.165, 1.54) is 5.56 Å². The van der Waals surface area contributed by atoms with E-state index in [9.17, 15) is 9.59 Å². The largest absolute Gasteiger partial charge is 0.356 e. The first-order chi connectivity index (χ1) is 16.3. The van der Waals surface area contributed by atoms with Crippen molar-refractivity contribution in [1.29, 1.82) is 0 Å². The predicted octanol–water partition coefficient (Wildman–Crippen LogP) is 5.03. The van der Waals surface area contributed by atoms with E-state index in [0.29, 0.717) is 18.0 Å². The van der Waals surface area contributed by atoms with Crippen molar-refractivity contribution in [2.45, 2.75) is 62.9 Å². The van der Waals surface area contributed by atoms with Crippen molar-refractivity contribution in [2.75, 3.05) is 20.6 Å². The second-order valence-electron chi connectivity index (χ2n) is 9.46. The third-order valence-electron chi connectivity index (χ3n) is 6.91. The van der Waals surface area contributed by atoms with Gasteiger partial charge in [-0.1, -0.05) is 53.5 Å². The van der Waals surface area contributed by atoms with Gasteiger partial charge in [0.1, 0.15) is 0 Å². The van der Waals surface area contributed by atoms with Crippen LogP contribution in [-0.4, -0.2) is 48.9 Å². The second-order valence-corrected chi connectivity index (χ2v) is 10.3. The number of hydrogen-bond acceptors (Lipinski definition) is 3. The van der Waals surface area contributed by atoms with E-state index < -0.39 is 0 Å².